The van der Waals surface area contributed by atoms with Crippen molar-refractivity contribution < 1.29 is 13.9 Å². The molecule has 2 nitrogen and oxygen atoms in total. The first-order valence-electron chi connectivity index (χ1n) is 7.08. The van der Waals surface area contributed by atoms with E-state index in [0.717, 1.165) is 31.2 Å². The van der Waals surface area contributed by atoms with Crippen LogP contribution in [0.15, 0.2) is 24.3 Å². The van der Waals surface area contributed by atoms with Gasteiger partial charge in [-0.05, 0) is 37.5 Å². The third-order valence-electron chi connectivity index (χ3n) is 3.84. The average Bonchev–Trinajstić information content (AvgIpc) is 2.40. The Morgan fingerprint density at radius 3 is 2.68 bits per heavy atom. The Morgan fingerprint density at radius 2 is 2.05 bits per heavy atom. The number of hydrogen-bond acceptors (Lipinski definition) is 2. The number of halogens is 1. The van der Waals surface area contributed by atoms with Crippen molar-refractivity contribution in [1.82, 2.24) is 0 Å². The van der Waals surface area contributed by atoms with E-state index in [1.54, 1.807) is 12.1 Å². The van der Waals surface area contributed by atoms with Crippen LogP contribution in [0.2, 0.25) is 0 Å². The van der Waals surface area contributed by atoms with Gasteiger partial charge in [-0.25, -0.2) is 4.39 Å². The minimum Gasteiger partial charge on any atom is -0.367 e. The summed E-state index contributed by atoms with van der Waals surface area (Å²) in [5.41, 5.74) is 0.105. The van der Waals surface area contributed by atoms with Gasteiger partial charge in [0.15, 0.2) is 5.78 Å². The molecule has 3 heteroatoms. The molecule has 1 fully saturated rings. The van der Waals surface area contributed by atoms with Crippen molar-refractivity contribution in [2.24, 2.45) is 0 Å². The highest BCUT2D eigenvalue weighted by Gasteiger charge is 2.39. The van der Waals surface area contributed by atoms with Crippen LogP contribution in [-0.2, 0) is 16.0 Å². The van der Waals surface area contributed by atoms with Gasteiger partial charge in [-0.3, -0.25) is 4.79 Å². The molecule has 0 N–H and O–H groups in total. The fraction of sp³-hybridized carbons (Fsp3) is 0.562. The maximum atomic E-state index is 13.2. The van der Waals surface area contributed by atoms with E-state index in [-0.39, 0.29) is 18.0 Å². The molecule has 2 rings (SSSR count). The standard InChI is InChI=1S/C16H21FO2/c1-2-19-16(9-4-3-5-10-16)15(18)12-13-7-6-8-14(17)11-13/h6-8,11H,2-5,9-10,12H2,1H3. The molecular formula is C16H21FO2. The van der Waals surface area contributed by atoms with Gasteiger partial charge >= 0.3 is 0 Å². The molecule has 0 amide bonds. The van der Waals surface area contributed by atoms with Gasteiger partial charge in [0.05, 0.1) is 0 Å². The lowest BCUT2D eigenvalue weighted by atomic mass is 9.79. The summed E-state index contributed by atoms with van der Waals surface area (Å²) < 4.78 is 19.0. The molecule has 0 radical (unpaired) electrons. The first-order valence-corrected chi connectivity index (χ1v) is 7.08. The second kappa shape index (κ2) is 6.29. The molecule has 0 spiro atoms. The van der Waals surface area contributed by atoms with E-state index in [1.807, 2.05) is 6.92 Å². The summed E-state index contributed by atoms with van der Waals surface area (Å²) in [6.07, 6.45) is 5.10. The number of ether oxygens (including phenoxy) is 1. The molecule has 19 heavy (non-hydrogen) atoms. The topological polar surface area (TPSA) is 26.3 Å². The van der Waals surface area contributed by atoms with E-state index >= 15 is 0 Å². The highest BCUT2D eigenvalue weighted by atomic mass is 19.1. The molecule has 0 bridgehead atoms. The van der Waals surface area contributed by atoms with Crippen LogP contribution in [-0.4, -0.2) is 18.0 Å². The predicted molar refractivity (Wildman–Crippen MR) is 72.6 cm³/mol. The summed E-state index contributed by atoms with van der Waals surface area (Å²) >= 11 is 0. The number of Topliss-reactive ketones (excluding diaryl/α,β-unsaturated/α-hetero) is 1. The van der Waals surface area contributed by atoms with E-state index in [0.29, 0.717) is 6.61 Å². The fourth-order valence-corrected chi connectivity index (χ4v) is 2.90. The lowest BCUT2D eigenvalue weighted by Crippen LogP contribution is -2.44. The van der Waals surface area contributed by atoms with Gasteiger partial charge in [-0.2, -0.15) is 0 Å². The van der Waals surface area contributed by atoms with Crippen molar-refractivity contribution in [1.29, 1.82) is 0 Å². The Morgan fingerprint density at radius 1 is 1.32 bits per heavy atom. The van der Waals surface area contributed by atoms with Crippen molar-refractivity contribution in [3.63, 3.8) is 0 Å². The molecule has 1 aromatic rings. The molecule has 0 atom stereocenters. The molecule has 1 aliphatic carbocycles. The highest BCUT2D eigenvalue weighted by molar-refractivity contribution is 5.89. The highest BCUT2D eigenvalue weighted by Crippen LogP contribution is 2.33. The maximum absolute atomic E-state index is 13.2. The molecule has 1 saturated carbocycles. The van der Waals surface area contributed by atoms with Crippen LogP contribution < -0.4 is 0 Å². The van der Waals surface area contributed by atoms with Gasteiger partial charge in [0.1, 0.15) is 11.4 Å². The minimum atomic E-state index is -0.626. The number of hydrogen-bond donors (Lipinski definition) is 0. The average molecular weight is 264 g/mol. The molecule has 104 valence electrons. The Hall–Kier alpha value is -1.22. The number of ketones is 1. The Kier molecular flexibility index (Phi) is 4.70. The zero-order valence-electron chi connectivity index (χ0n) is 11.5. The van der Waals surface area contributed by atoms with Gasteiger partial charge in [-0.15, -0.1) is 0 Å². The van der Waals surface area contributed by atoms with Crippen LogP contribution in [0, 0.1) is 5.82 Å². The van der Waals surface area contributed by atoms with Crippen LogP contribution >= 0.6 is 0 Å². The summed E-state index contributed by atoms with van der Waals surface area (Å²) in [5.74, 6) is -0.195. The second-order valence-electron chi connectivity index (χ2n) is 5.22. The fourth-order valence-electron chi connectivity index (χ4n) is 2.90. The molecule has 0 aromatic heterocycles. The van der Waals surface area contributed by atoms with Crippen molar-refractivity contribution in [3.05, 3.63) is 35.6 Å². The second-order valence-corrected chi connectivity index (χ2v) is 5.22. The van der Waals surface area contributed by atoms with Gasteiger partial charge in [-0.1, -0.05) is 31.4 Å². The van der Waals surface area contributed by atoms with Gasteiger partial charge in [0.2, 0.25) is 0 Å². The van der Waals surface area contributed by atoms with Crippen molar-refractivity contribution >= 4 is 5.78 Å². The summed E-state index contributed by atoms with van der Waals surface area (Å²) in [7, 11) is 0. The van der Waals surface area contributed by atoms with Crippen LogP contribution in [0.4, 0.5) is 4.39 Å². The van der Waals surface area contributed by atoms with Gasteiger partial charge in [0, 0.05) is 13.0 Å². The molecular weight excluding hydrogens is 243 g/mol. The monoisotopic (exact) mass is 264 g/mol. The number of carbonyl (C=O) groups excluding carboxylic acids is 1. The lowest BCUT2D eigenvalue weighted by molar-refractivity contribution is -0.148. The smallest absolute Gasteiger partial charge is 0.168 e. The molecule has 1 aromatic carbocycles. The van der Waals surface area contributed by atoms with Crippen LogP contribution in [0.1, 0.15) is 44.6 Å². The summed E-state index contributed by atoms with van der Waals surface area (Å²) in [6.45, 7) is 2.47. The number of benzene rings is 1. The summed E-state index contributed by atoms with van der Waals surface area (Å²) in [6, 6.07) is 6.27. The molecule has 1 aliphatic rings. The van der Waals surface area contributed by atoms with Crippen molar-refractivity contribution in [2.75, 3.05) is 6.61 Å². The largest absolute Gasteiger partial charge is 0.367 e. The van der Waals surface area contributed by atoms with Crippen molar-refractivity contribution in [2.45, 2.75) is 51.0 Å². The van der Waals surface area contributed by atoms with Crippen LogP contribution in [0.3, 0.4) is 0 Å². The Labute approximate surface area is 114 Å². The Bertz CT molecular complexity index is 431. The third kappa shape index (κ3) is 3.41. The first-order chi connectivity index (χ1) is 9.16. The Balaban J connectivity index is 2.11. The zero-order valence-corrected chi connectivity index (χ0v) is 11.5. The molecule has 0 aliphatic heterocycles. The first kappa shape index (κ1) is 14.2. The van der Waals surface area contributed by atoms with E-state index in [4.69, 9.17) is 4.74 Å². The molecule has 0 unspecified atom stereocenters. The van der Waals surface area contributed by atoms with E-state index in [2.05, 4.69) is 0 Å². The SMILES string of the molecule is CCOC1(C(=O)Cc2cccc(F)c2)CCCCC1. The number of carbonyl (C=O) groups is 1. The van der Waals surface area contributed by atoms with Gasteiger partial charge in [0.25, 0.3) is 0 Å². The molecule has 0 saturated heterocycles. The number of rotatable bonds is 5. The van der Waals surface area contributed by atoms with E-state index in [9.17, 15) is 9.18 Å². The van der Waals surface area contributed by atoms with E-state index < -0.39 is 5.60 Å². The van der Waals surface area contributed by atoms with Gasteiger partial charge < -0.3 is 4.74 Å². The van der Waals surface area contributed by atoms with E-state index in [1.165, 1.54) is 18.6 Å². The van der Waals surface area contributed by atoms with Crippen LogP contribution in [0.25, 0.3) is 0 Å². The predicted octanol–water partition coefficient (Wildman–Crippen LogP) is 3.68. The maximum Gasteiger partial charge on any atom is 0.168 e. The minimum absolute atomic E-state index is 0.0969. The quantitative estimate of drug-likeness (QED) is 0.811. The summed E-state index contributed by atoms with van der Waals surface area (Å²) in [5, 5.41) is 0. The third-order valence-corrected chi connectivity index (χ3v) is 3.84. The zero-order chi connectivity index (χ0) is 13.7. The van der Waals surface area contributed by atoms with Crippen molar-refractivity contribution in [3.8, 4) is 0 Å². The molecule has 0 heterocycles. The van der Waals surface area contributed by atoms with Crippen LogP contribution in [0.5, 0.6) is 0 Å². The summed E-state index contributed by atoms with van der Waals surface area (Å²) in [4.78, 5) is 12.5. The lowest BCUT2D eigenvalue weighted by Gasteiger charge is -2.35. The normalized spacial score (nSPS) is 18.2.